The summed E-state index contributed by atoms with van der Waals surface area (Å²) in [5.41, 5.74) is 0.998. The number of aromatic nitrogens is 5. The number of pyridine rings is 1. The van der Waals surface area contributed by atoms with Crippen molar-refractivity contribution < 1.29 is 18.0 Å². The molecular weight excluding hydrogens is 503 g/mol. The van der Waals surface area contributed by atoms with E-state index in [1.807, 2.05) is 32.7 Å². The van der Waals surface area contributed by atoms with Crippen LogP contribution in [0.15, 0.2) is 18.5 Å². The average molecular weight is 538 g/mol. The maximum Gasteiger partial charge on any atom is 0.433 e. The van der Waals surface area contributed by atoms with E-state index in [4.69, 9.17) is 4.98 Å². The van der Waals surface area contributed by atoms with Crippen LogP contribution in [0.2, 0.25) is 0 Å². The number of hydrogen-bond acceptors (Lipinski definition) is 6. The molecule has 1 N–H and O–H groups in total. The number of likely N-dealkylation sites (N-methyl/N-ethyl adjacent to an activating group) is 1. The van der Waals surface area contributed by atoms with Crippen molar-refractivity contribution in [2.75, 3.05) is 17.3 Å². The number of hydrogen-bond donors (Lipinski definition) is 1. The van der Waals surface area contributed by atoms with E-state index < -0.39 is 11.9 Å². The molecule has 1 fully saturated rings. The van der Waals surface area contributed by atoms with E-state index >= 15 is 0 Å². The van der Waals surface area contributed by atoms with Crippen LogP contribution in [0.1, 0.15) is 51.3 Å². The molecule has 0 radical (unpaired) electrons. The van der Waals surface area contributed by atoms with Gasteiger partial charge in [-0.15, -0.1) is 0 Å². The molecular formula is C25H34F3N7OS. The van der Waals surface area contributed by atoms with Gasteiger partial charge in [-0.3, -0.25) is 9.48 Å². The van der Waals surface area contributed by atoms with Crippen LogP contribution in [0, 0.1) is 24.7 Å². The van der Waals surface area contributed by atoms with E-state index in [1.54, 1.807) is 10.9 Å². The van der Waals surface area contributed by atoms with E-state index in [1.165, 1.54) is 6.20 Å². The summed E-state index contributed by atoms with van der Waals surface area (Å²) in [6.07, 6.45) is 1.07. The molecule has 3 aromatic heterocycles. The Kier molecular flexibility index (Phi) is 8.11. The van der Waals surface area contributed by atoms with Crippen molar-refractivity contribution in [2.24, 2.45) is 17.8 Å². The highest BCUT2D eigenvalue weighted by Gasteiger charge is 2.36. The fraction of sp³-hybridized carbons (Fsp3) is 0.560. The monoisotopic (exact) mass is 537 g/mol. The standard InChI is InChI=1S/C24H28F3N7O.CH4.H2S/c1-12(2)21-23(35)31-20-13(3)29-19(30-22(20)33(21)4)7-14-5-15(6-14)10-34-11-16-8-18(24(25,26)27)28-9-17(16)32-34;;/h8-9,11-12,14-15,21H,5-7,10H2,1-4H3,(H,31,35);1H4;1H2/t14?,15?,21-;;/m0../s1. The Morgan fingerprint density at radius 1 is 1.19 bits per heavy atom. The fourth-order valence-electron chi connectivity index (χ4n) is 5.30. The van der Waals surface area contributed by atoms with Gasteiger partial charge in [0.25, 0.3) is 0 Å². The van der Waals surface area contributed by atoms with E-state index in [2.05, 4.69) is 20.4 Å². The molecule has 0 spiro atoms. The summed E-state index contributed by atoms with van der Waals surface area (Å²) >= 11 is 0. The van der Waals surface area contributed by atoms with Gasteiger partial charge in [-0.2, -0.15) is 31.8 Å². The smallest absolute Gasteiger partial charge is 0.346 e. The van der Waals surface area contributed by atoms with E-state index in [0.717, 1.165) is 42.7 Å². The highest BCUT2D eigenvalue weighted by molar-refractivity contribution is 7.59. The van der Waals surface area contributed by atoms with Crippen LogP contribution in [-0.4, -0.2) is 43.7 Å². The van der Waals surface area contributed by atoms with Crippen molar-refractivity contribution in [3.05, 3.63) is 35.7 Å². The van der Waals surface area contributed by atoms with Gasteiger partial charge in [0.05, 0.1) is 11.9 Å². The Morgan fingerprint density at radius 3 is 2.54 bits per heavy atom. The number of aryl methyl sites for hydroxylation is 1. The summed E-state index contributed by atoms with van der Waals surface area (Å²) in [4.78, 5) is 27.4. The maximum atomic E-state index is 12.9. The number of rotatable bonds is 5. The minimum absolute atomic E-state index is 0. The fourth-order valence-corrected chi connectivity index (χ4v) is 5.30. The Labute approximate surface area is 221 Å². The van der Waals surface area contributed by atoms with Crippen molar-refractivity contribution in [3.8, 4) is 0 Å². The number of nitrogens with zero attached hydrogens (tertiary/aromatic N) is 6. The molecule has 3 aromatic rings. The molecule has 0 aromatic carbocycles. The minimum atomic E-state index is -4.47. The number of nitrogens with one attached hydrogen (secondary N) is 1. The van der Waals surface area contributed by atoms with Crippen LogP contribution in [0.5, 0.6) is 0 Å². The first-order valence-electron chi connectivity index (χ1n) is 11.8. The van der Waals surface area contributed by atoms with Crippen LogP contribution in [0.4, 0.5) is 24.7 Å². The normalized spacial score (nSPS) is 21.1. The van der Waals surface area contributed by atoms with Gasteiger partial charge in [-0.25, -0.2) is 15.0 Å². The minimum Gasteiger partial charge on any atom is -0.346 e. The first-order valence-corrected chi connectivity index (χ1v) is 11.8. The summed E-state index contributed by atoms with van der Waals surface area (Å²) in [5.74, 6) is 2.48. The second-order valence-electron chi connectivity index (χ2n) is 10.1. The van der Waals surface area contributed by atoms with Crippen molar-refractivity contribution >= 4 is 41.8 Å². The SMILES string of the molecule is C.Cc1nc(CC2CC(Cn3cc4cc(C(F)(F)F)ncc4n3)C2)nc2c1NC(=O)[C@H](C(C)C)N2C.S. The summed E-state index contributed by atoms with van der Waals surface area (Å²) in [7, 11) is 1.90. The molecule has 202 valence electrons. The average Bonchev–Trinajstić information content (AvgIpc) is 3.14. The predicted octanol–water partition coefficient (Wildman–Crippen LogP) is 4.98. The molecule has 1 atom stereocenters. The van der Waals surface area contributed by atoms with Gasteiger partial charge in [-0.05, 0) is 43.6 Å². The number of carbonyl (C=O) groups excluding carboxylic acids is 1. The molecule has 4 heterocycles. The van der Waals surface area contributed by atoms with Crippen molar-refractivity contribution in [1.82, 2.24) is 24.7 Å². The van der Waals surface area contributed by atoms with Crippen LogP contribution >= 0.6 is 13.5 Å². The summed E-state index contributed by atoms with van der Waals surface area (Å²) in [6, 6.07) is 0.770. The second kappa shape index (κ2) is 10.5. The Bertz CT molecular complexity index is 1290. The maximum absolute atomic E-state index is 12.9. The molecule has 1 amide bonds. The summed E-state index contributed by atoms with van der Waals surface area (Å²) < 4.78 is 40.4. The van der Waals surface area contributed by atoms with Crippen LogP contribution in [0.3, 0.4) is 0 Å². The van der Waals surface area contributed by atoms with Gasteiger partial charge >= 0.3 is 6.18 Å². The van der Waals surface area contributed by atoms with Gasteiger partial charge in [0.1, 0.15) is 28.8 Å². The second-order valence-corrected chi connectivity index (χ2v) is 10.1. The summed E-state index contributed by atoms with van der Waals surface area (Å²) in [6.45, 7) is 6.58. The summed E-state index contributed by atoms with van der Waals surface area (Å²) in [5, 5.41) is 7.80. The van der Waals surface area contributed by atoms with Gasteiger partial charge in [-0.1, -0.05) is 21.3 Å². The Hall–Kier alpha value is -2.89. The molecule has 0 saturated heterocycles. The zero-order valence-electron chi connectivity index (χ0n) is 20.6. The highest BCUT2D eigenvalue weighted by atomic mass is 32.1. The number of alkyl halides is 3. The molecule has 12 heteroatoms. The molecule has 37 heavy (non-hydrogen) atoms. The topological polar surface area (TPSA) is 88.8 Å². The predicted molar refractivity (Wildman–Crippen MR) is 142 cm³/mol. The molecule has 0 unspecified atom stereocenters. The van der Waals surface area contributed by atoms with E-state index in [9.17, 15) is 18.0 Å². The number of fused-ring (bicyclic) bond motifs is 2. The number of carbonyl (C=O) groups is 1. The first-order chi connectivity index (χ1) is 16.5. The highest BCUT2D eigenvalue weighted by Crippen LogP contribution is 2.39. The molecule has 1 saturated carbocycles. The lowest BCUT2D eigenvalue weighted by atomic mass is 9.73. The lowest BCUT2D eigenvalue weighted by Crippen LogP contribution is -2.49. The molecule has 5 rings (SSSR count). The molecule has 8 nitrogen and oxygen atoms in total. The van der Waals surface area contributed by atoms with Gasteiger partial charge in [0.15, 0.2) is 5.82 Å². The number of amides is 1. The van der Waals surface area contributed by atoms with Gasteiger partial charge in [0, 0.05) is 31.6 Å². The molecule has 2 aliphatic rings. The molecule has 1 aliphatic carbocycles. The van der Waals surface area contributed by atoms with E-state index in [-0.39, 0.29) is 38.8 Å². The lowest BCUT2D eigenvalue weighted by molar-refractivity contribution is -0.141. The third kappa shape index (κ3) is 5.53. The van der Waals surface area contributed by atoms with Crippen molar-refractivity contribution in [3.63, 3.8) is 0 Å². The first kappa shape index (κ1) is 28.7. The number of halogens is 3. The van der Waals surface area contributed by atoms with Gasteiger partial charge in [0.2, 0.25) is 5.91 Å². The van der Waals surface area contributed by atoms with Crippen LogP contribution in [-0.2, 0) is 23.9 Å². The van der Waals surface area contributed by atoms with Crippen LogP contribution in [0.25, 0.3) is 10.9 Å². The Morgan fingerprint density at radius 2 is 1.89 bits per heavy atom. The van der Waals surface area contributed by atoms with Crippen molar-refractivity contribution in [1.29, 1.82) is 0 Å². The van der Waals surface area contributed by atoms with E-state index in [0.29, 0.717) is 35.0 Å². The quantitative estimate of drug-likeness (QED) is 0.494. The zero-order chi connectivity index (χ0) is 25.1. The zero-order valence-corrected chi connectivity index (χ0v) is 21.6. The third-order valence-corrected chi connectivity index (χ3v) is 7.00. The largest absolute Gasteiger partial charge is 0.433 e. The third-order valence-electron chi connectivity index (χ3n) is 7.00. The van der Waals surface area contributed by atoms with Crippen LogP contribution < -0.4 is 10.2 Å². The molecule has 0 bridgehead atoms. The lowest BCUT2D eigenvalue weighted by Gasteiger charge is -2.38. The van der Waals surface area contributed by atoms with Gasteiger partial charge < -0.3 is 10.2 Å². The Balaban J connectivity index is 0.00000190. The van der Waals surface area contributed by atoms with Crippen molar-refractivity contribution in [2.45, 2.75) is 66.2 Å². The number of anilines is 2. The molecule has 1 aliphatic heterocycles.